The second-order valence-electron chi connectivity index (χ2n) is 16.2. The summed E-state index contributed by atoms with van der Waals surface area (Å²) in [4.78, 5) is 18.6. The molecule has 288 valence electrons. The minimum Gasteiger partial charge on any atom is -0.247 e. The van der Waals surface area contributed by atoms with Crippen LogP contribution in [0.5, 0.6) is 0 Å². The lowest BCUT2D eigenvalue weighted by atomic mass is 9.67. The van der Waals surface area contributed by atoms with Gasteiger partial charge in [0.25, 0.3) is 0 Å². The number of hydrogen-bond donors (Lipinski definition) is 0. The van der Waals surface area contributed by atoms with Crippen LogP contribution < -0.4 is 0 Å². The Morgan fingerprint density at radius 3 is 1.44 bits per heavy atom. The predicted octanol–water partition coefficient (Wildman–Crippen LogP) is 14.8. The van der Waals surface area contributed by atoms with Crippen LogP contribution in [-0.2, 0) is 5.41 Å². The molecule has 2 aliphatic rings. The van der Waals surface area contributed by atoms with E-state index in [-0.39, 0.29) is 0 Å². The van der Waals surface area contributed by atoms with Gasteiger partial charge < -0.3 is 0 Å². The average molecular weight is 806 g/mol. The third-order valence-electron chi connectivity index (χ3n) is 12.9. The van der Waals surface area contributed by atoms with Crippen LogP contribution in [0.4, 0.5) is 0 Å². The topological polar surface area (TPSA) is 38.7 Å². The molecule has 4 heteroatoms. The summed E-state index contributed by atoms with van der Waals surface area (Å²) in [5.74, 6) is 0. The number of hydrogen-bond acceptors (Lipinski definition) is 4. The monoisotopic (exact) mass is 805 g/mol. The molecule has 0 amide bonds. The van der Waals surface area contributed by atoms with E-state index in [9.17, 15) is 0 Å². The van der Waals surface area contributed by atoms with Crippen LogP contribution in [0, 0.1) is 0 Å². The number of pyridine rings is 1. The number of aromatic nitrogens is 3. The largest absolute Gasteiger partial charge is 0.247 e. The molecule has 9 aromatic carbocycles. The van der Waals surface area contributed by atoms with Crippen molar-refractivity contribution in [2.24, 2.45) is 0 Å². The fraction of sp³-hybridized carbons (Fsp3) is 0.0172. The predicted molar refractivity (Wildman–Crippen MR) is 256 cm³/mol. The van der Waals surface area contributed by atoms with Crippen LogP contribution in [0.15, 0.2) is 222 Å². The highest BCUT2D eigenvalue weighted by Crippen LogP contribution is 2.62. The Hall–Kier alpha value is -7.66. The van der Waals surface area contributed by atoms with Crippen LogP contribution in [0.25, 0.3) is 88.7 Å². The zero-order valence-corrected chi connectivity index (χ0v) is 34.3. The molecule has 0 N–H and O–H groups in total. The van der Waals surface area contributed by atoms with Crippen LogP contribution in [-0.4, -0.2) is 15.0 Å². The van der Waals surface area contributed by atoms with Gasteiger partial charge in [-0.05, 0) is 92.4 Å². The molecule has 0 unspecified atom stereocenters. The molecule has 11 aromatic rings. The van der Waals surface area contributed by atoms with E-state index in [0.29, 0.717) is 0 Å². The zero-order chi connectivity index (χ0) is 40.8. The van der Waals surface area contributed by atoms with Gasteiger partial charge in [-0.1, -0.05) is 182 Å². The first kappa shape index (κ1) is 35.1. The van der Waals surface area contributed by atoms with Gasteiger partial charge in [0, 0.05) is 37.3 Å². The van der Waals surface area contributed by atoms with Gasteiger partial charge in [-0.15, -0.1) is 0 Å². The Kier molecular flexibility index (Phi) is 7.75. The maximum absolute atomic E-state index is 5.46. The summed E-state index contributed by atoms with van der Waals surface area (Å²) < 4.78 is 0. The Labute approximate surface area is 363 Å². The summed E-state index contributed by atoms with van der Waals surface area (Å²) in [6.07, 6.45) is 0. The summed E-state index contributed by atoms with van der Waals surface area (Å²) in [7, 11) is 0. The highest BCUT2D eigenvalue weighted by atomic mass is 32.2. The van der Waals surface area contributed by atoms with Crippen molar-refractivity contribution in [2.45, 2.75) is 15.2 Å². The van der Waals surface area contributed by atoms with Crippen molar-refractivity contribution in [3.8, 4) is 56.0 Å². The maximum Gasteiger partial charge on any atom is 0.0973 e. The second-order valence-corrected chi connectivity index (χ2v) is 17.3. The molecule has 3 nitrogen and oxygen atoms in total. The first-order chi connectivity index (χ1) is 30.7. The standard InChI is InChI=1S/C58H35N3S/c1-4-16-36(17-5-1)55-45-35-54-49(58(48-26-14-15-27-53(48)62-54)46-24-12-10-22-41(46)42-23-11-13-25-47(42)58)34-43(45)44-32-39(28-30-50(44)59-55)40-29-31-51-52(33-40)61-57(38-20-8-3-9-21-38)56(60-51)37-18-6-2-7-19-37/h1-35H. The normalized spacial score (nSPS) is 13.2. The average Bonchev–Trinajstić information content (AvgIpc) is 3.64. The molecule has 62 heavy (non-hydrogen) atoms. The first-order valence-corrected chi connectivity index (χ1v) is 21.9. The fourth-order valence-electron chi connectivity index (χ4n) is 10.2. The van der Waals surface area contributed by atoms with E-state index < -0.39 is 5.41 Å². The Morgan fingerprint density at radius 1 is 0.290 bits per heavy atom. The number of rotatable bonds is 4. The van der Waals surface area contributed by atoms with Gasteiger partial charge in [-0.25, -0.2) is 15.0 Å². The van der Waals surface area contributed by atoms with Crippen LogP contribution in [0.2, 0.25) is 0 Å². The molecule has 1 spiro atoms. The SMILES string of the molecule is c1ccc(-c2nc3ccc(-c4ccc5nc(-c6ccccc6)c6cc7c(cc6c5c4)C4(c5ccccc5S7)c5ccccc5-c5ccccc54)cc3nc2-c2ccccc2)cc1. The highest BCUT2D eigenvalue weighted by Gasteiger charge is 2.50. The molecular weight excluding hydrogens is 771 g/mol. The molecule has 0 fully saturated rings. The van der Waals surface area contributed by atoms with E-state index >= 15 is 0 Å². The number of nitrogens with zero attached hydrogens (tertiary/aromatic N) is 3. The molecule has 1 aliphatic carbocycles. The molecule has 0 saturated carbocycles. The van der Waals surface area contributed by atoms with Gasteiger partial charge in [0.1, 0.15) is 0 Å². The van der Waals surface area contributed by atoms with Gasteiger partial charge in [0.05, 0.1) is 39.0 Å². The lowest BCUT2D eigenvalue weighted by molar-refractivity contribution is 0.724. The van der Waals surface area contributed by atoms with Crippen molar-refractivity contribution in [3.05, 3.63) is 235 Å². The van der Waals surface area contributed by atoms with Crippen LogP contribution >= 0.6 is 11.8 Å². The highest BCUT2D eigenvalue weighted by molar-refractivity contribution is 7.99. The molecule has 1 aliphatic heterocycles. The molecule has 0 saturated heterocycles. The van der Waals surface area contributed by atoms with E-state index in [2.05, 4.69) is 200 Å². The van der Waals surface area contributed by atoms with Crippen LogP contribution in [0.1, 0.15) is 22.3 Å². The lowest BCUT2D eigenvalue weighted by Gasteiger charge is -2.40. The molecule has 3 heterocycles. The molecule has 0 atom stereocenters. The van der Waals surface area contributed by atoms with E-state index in [1.54, 1.807) is 0 Å². The third-order valence-corrected chi connectivity index (χ3v) is 14.0. The summed E-state index contributed by atoms with van der Waals surface area (Å²) in [6, 6.07) is 76.6. The van der Waals surface area contributed by atoms with E-state index in [1.165, 1.54) is 48.6 Å². The Morgan fingerprint density at radius 2 is 0.790 bits per heavy atom. The van der Waals surface area contributed by atoms with Gasteiger partial charge in [0.2, 0.25) is 0 Å². The maximum atomic E-state index is 5.46. The first-order valence-electron chi connectivity index (χ1n) is 21.1. The lowest BCUT2D eigenvalue weighted by Crippen LogP contribution is -2.32. The number of fused-ring (bicyclic) bond motifs is 13. The number of benzene rings is 9. The minimum absolute atomic E-state index is 0.481. The third kappa shape index (κ3) is 5.17. The van der Waals surface area contributed by atoms with E-state index in [4.69, 9.17) is 15.0 Å². The molecule has 0 bridgehead atoms. The van der Waals surface area contributed by atoms with E-state index in [0.717, 1.165) is 72.2 Å². The quantitative estimate of drug-likeness (QED) is 0.166. The Bertz CT molecular complexity index is 3560. The van der Waals surface area contributed by atoms with Crippen molar-refractivity contribution < 1.29 is 0 Å². The van der Waals surface area contributed by atoms with Crippen molar-refractivity contribution >= 4 is 44.5 Å². The van der Waals surface area contributed by atoms with Gasteiger partial charge in [-0.2, -0.15) is 0 Å². The summed E-state index contributed by atoms with van der Waals surface area (Å²) in [5.41, 5.74) is 18.2. The van der Waals surface area contributed by atoms with E-state index in [1.807, 2.05) is 23.9 Å². The molecule has 13 rings (SSSR count). The van der Waals surface area contributed by atoms with Crippen molar-refractivity contribution in [1.82, 2.24) is 15.0 Å². The molecule has 2 aromatic heterocycles. The molecule has 0 radical (unpaired) electrons. The van der Waals surface area contributed by atoms with Crippen LogP contribution in [0.3, 0.4) is 0 Å². The summed E-state index contributed by atoms with van der Waals surface area (Å²) in [6.45, 7) is 0. The summed E-state index contributed by atoms with van der Waals surface area (Å²) in [5, 5.41) is 3.45. The van der Waals surface area contributed by atoms with Gasteiger partial charge >= 0.3 is 0 Å². The smallest absolute Gasteiger partial charge is 0.0973 e. The summed E-state index contributed by atoms with van der Waals surface area (Å²) >= 11 is 1.88. The zero-order valence-electron chi connectivity index (χ0n) is 33.5. The minimum atomic E-state index is -0.481. The van der Waals surface area contributed by atoms with Gasteiger partial charge in [0.15, 0.2) is 0 Å². The Balaban J connectivity index is 1.07. The fourth-order valence-corrected chi connectivity index (χ4v) is 11.4. The molecular formula is C58H35N3S. The second kappa shape index (κ2) is 13.7. The van der Waals surface area contributed by atoms with Crippen molar-refractivity contribution in [1.29, 1.82) is 0 Å². The van der Waals surface area contributed by atoms with Gasteiger partial charge in [-0.3, -0.25) is 0 Å². The van der Waals surface area contributed by atoms with Crippen molar-refractivity contribution in [3.63, 3.8) is 0 Å². The van der Waals surface area contributed by atoms with Crippen molar-refractivity contribution in [2.75, 3.05) is 0 Å².